The fourth-order valence-corrected chi connectivity index (χ4v) is 3.80. The van der Waals surface area contributed by atoms with Gasteiger partial charge >= 0.3 is 0 Å². The first-order valence-corrected chi connectivity index (χ1v) is 10.1. The van der Waals surface area contributed by atoms with Crippen LogP contribution in [-0.2, 0) is 16.4 Å². The zero-order valence-electron chi connectivity index (χ0n) is 13.3. The molecule has 6 nitrogen and oxygen atoms in total. The van der Waals surface area contributed by atoms with E-state index in [-0.39, 0.29) is 12.4 Å². The zero-order valence-corrected chi connectivity index (χ0v) is 15.7. The van der Waals surface area contributed by atoms with Gasteiger partial charge in [-0.15, -0.1) is 23.7 Å². The van der Waals surface area contributed by atoms with Crippen LogP contribution in [0.2, 0.25) is 0 Å². The van der Waals surface area contributed by atoms with Gasteiger partial charge < -0.3 is 15.0 Å². The van der Waals surface area contributed by atoms with E-state index < -0.39 is 9.84 Å². The summed E-state index contributed by atoms with van der Waals surface area (Å²) in [4.78, 5) is 7.16. The smallest absolute Gasteiger partial charge is 0.185 e. The second kappa shape index (κ2) is 8.15. The van der Waals surface area contributed by atoms with E-state index in [0.29, 0.717) is 17.3 Å². The lowest BCUT2D eigenvalue weighted by atomic mass is 10.3. The average molecular weight is 390 g/mol. The highest BCUT2D eigenvalue weighted by atomic mass is 35.5. The number of benzene rings is 1. The summed E-state index contributed by atoms with van der Waals surface area (Å²) in [5, 5.41) is 6.35. The van der Waals surface area contributed by atoms with Crippen LogP contribution in [0.5, 0.6) is 5.75 Å². The first-order chi connectivity index (χ1) is 11.0. The number of sulfone groups is 1. The van der Waals surface area contributed by atoms with Gasteiger partial charge in [-0.3, -0.25) is 0 Å². The normalized spacial score (nSPS) is 15.0. The second-order valence-electron chi connectivity index (χ2n) is 5.39. The molecule has 3 rings (SSSR count). The van der Waals surface area contributed by atoms with Gasteiger partial charge in [-0.2, -0.15) is 0 Å². The summed E-state index contributed by atoms with van der Waals surface area (Å²) in [6.45, 7) is 4.29. The van der Waals surface area contributed by atoms with E-state index in [9.17, 15) is 8.42 Å². The highest BCUT2D eigenvalue weighted by molar-refractivity contribution is 7.90. The molecule has 24 heavy (non-hydrogen) atoms. The molecule has 0 amide bonds. The molecule has 0 atom stereocenters. The number of aromatic nitrogens is 1. The largest absolute Gasteiger partial charge is 0.487 e. The Hall–Kier alpha value is -1.35. The summed E-state index contributed by atoms with van der Waals surface area (Å²) in [6.07, 6.45) is 1.19. The van der Waals surface area contributed by atoms with E-state index in [2.05, 4.69) is 15.2 Å². The van der Waals surface area contributed by atoms with Gasteiger partial charge in [-0.05, 0) is 24.3 Å². The van der Waals surface area contributed by atoms with Gasteiger partial charge in [0.2, 0.25) is 0 Å². The lowest BCUT2D eigenvalue weighted by Crippen LogP contribution is -2.43. The van der Waals surface area contributed by atoms with Crippen LogP contribution in [0.1, 0.15) is 5.69 Å². The van der Waals surface area contributed by atoms with Crippen LogP contribution in [0.15, 0.2) is 34.5 Å². The molecule has 0 radical (unpaired) electrons. The number of hydrogen-bond acceptors (Lipinski definition) is 7. The lowest BCUT2D eigenvalue weighted by molar-refractivity contribution is 0.302. The second-order valence-corrected chi connectivity index (χ2v) is 8.24. The summed E-state index contributed by atoms with van der Waals surface area (Å²) in [6, 6.07) is 6.44. The Balaban J connectivity index is 0.00000208. The van der Waals surface area contributed by atoms with Crippen LogP contribution in [0.4, 0.5) is 5.13 Å². The standard InChI is InChI=1S/C15H19N3O3S2.ClH/c1-23(19,20)14-4-2-13(3-5-14)21-10-12-11-22-15(17-12)18-8-6-16-7-9-18;/h2-5,11,16H,6-10H2,1H3;1H. The van der Waals surface area contributed by atoms with Crippen molar-refractivity contribution in [2.24, 2.45) is 0 Å². The van der Waals surface area contributed by atoms with Gasteiger partial charge in [0.1, 0.15) is 12.4 Å². The van der Waals surface area contributed by atoms with Crippen molar-refractivity contribution < 1.29 is 13.2 Å². The van der Waals surface area contributed by atoms with Crippen LogP contribution in [0.3, 0.4) is 0 Å². The van der Waals surface area contributed by atoms with Crippen molar-refractivity contribution in [1.29, 1.82) is 0 Å². The lowest BCUT2D eigenvalue weighted by Gasteiger charge is -2.26. The van der Waals surface area contributed by atoms with Crippen LogP contribution in [-0.4, -0.2) is 45.8 Å². The summed E-state index contributed by atoms with van der Waals surface area (Å²) in [5.41, 5.74) is 0.885. The van der Waals surface area contributed by atoms with E-state index in [1.807, 2.05) is 5.38 Å². The van der Waals surface area contributed by atoms with Gasteiger partial charge in [-0.1, -0.05) is 0 Å². The Bertz CT molecular complexity index is 757. The molecular weight excluding hydrogens is 370 g/mol. The Kier molecular flexibility index (Phi) is 6.45. The topological polar surface area (TPSA) is 71.5 Å². The maximum absolute atomic E-state index is 11.4. The molecule has 0 spiro atoms. The Labute approximate surface area is 152 Å². The summed E-state index contributed by atoms with van der Waals surface area (Å²) in [5.74, 6) is 0.633. The van der Waals surface area contributed by atoms with Crippen molar-refractivity contribution in [3.63, 3.8) is 0 Å². The minimum absolute atomic E-state index is 0. The van der Waals surface area contributed by atoms with Gasteiger partial charge in [0.15, 0.2) is 15.0 Å². The monoisotopic (exact) mass is 389 g/mol. The molecule has 1 N–H and O–H groups in total. The molecule has 1 aliphatic rings. The first kappa shape index (κ1) is 19.0. The highest BCUT2D eigenvalue weighted by Crippen LogP contribution is 2.22. The van der Waals surface area contributed by atoms with Crippen LogP contribution in [0, 0.1) is 0 Å². The number of hydrogen-bond donors (Lipinski definition) is 1. The molecule has 1 fully saturated rings. The number of ether oxygens (including phenoxy) is 1. The molecule has 2 aromatic rings. The molecule has 1 aromatic heterocycles. The molecule has 1 aromatic carbocycles. The number of piperazine rings is 1. The first-order valence-electron chi connectivity index (χ1n) is 7.35. The molecule has 2 heterocycles. The van der Waals surface area contributed by atoms with E-state index in [0.717, 1.165) is 37.0 Å². The third-order valence-electron chi connectivity index (χ3n) is 3.57. The predicted octanol–water partition coefficient (Wildman–Crippen LogP) is 1.96. The van der Waals surface area contributed by atoms with E-state index in [4.69, 9.17) is 4.74 Å². The number of nitrogens with one attached hydrogen (secondary N) is 1. The van der Waals surface area contributed by atoms with Crippen molar-refractivity contribution in [2.75, 3.05) is 37.3 Å². The van der Waals surface area contributed by atoms with Crippen molar-refractivity contribution in [3.8, 4) is 5.75 Å². The SMILES string of the molecule is CS(=O)(=O)c1ccc(OCc2csc(N3CCNCC3)n2)cc1.Cl. The van der Waals surface area contributed by atoms with E-state index >= 15 is 0 Å². The highest BCUT2D eigenvalue weighted by Gasteiger charge is 2.14. The van der Waals surface area contributed by atoms with Gasteiger partial charge in [0, 0.05) is 37.8 Å². The molecule has 1 saturated heterocycles. The molecule has 132 valence electrons. The van der Waals surface area contributed by atoms with Gasteiger partial charge in [0.05, 0.1) is 10.6 Å². The van der Waals surface area contributed by atoms with Gasteiger partial charge in [-0.25, -0.2) is 13.4 Å². The Morgan fingerprint density at radius 2 is 1.92 bits per heavy atom. The van der Waals surface area contributed by atoms with Crippen molar-refractivity contribution >= 4 is 38.7 Å². The van der Waals surface area contributed by atoms with E-state index in [1.165, 1.54) is 6.26 Å². The van der Waals surface area contributed by atoms with Gasteiger partial charge in [0.25, 0.3) is 0 Å². The molecule has 0 aliphatic carbocycles. The third kappa shape index (κ3) is 4.83. The van der Waals surface area contributed by atoms with Crippen LogP contribution < -0.4 is 15.0 Å². The zero-order chi connectivity index (χ0) is 16.3. The van der Waals surface area contributed by atoms with E-state index in [1.54, 1.807) is 35.6 Å². The maximum Gasteiger partial charge on any atom is 0.185 e. The fourth-order valence-electron chi connectivity index (χ4n) is 2.30. The van der Waals surface area contributed by atoms with Crippen molar-refractivity contribution in [1.82, 2.24) is 10.3 Å². The molecule has 0 bridgehead atoms. The molecule has 1 aliphatic heterocycles. The van der Waals surface area contributed by atoms with Crippen molar-refractivity contribution in [3.05, 3.63) is 35.3 Å². The Morgan fingerprint density at radius 3 is 2.54 bits per heavy atom. The number of nitrogens with zero attached hydrogens (tertiary/aromatic N) is 2. The predicted molar refractivity (Wildman–Crippen MR) is 98.3 cm³/mol. The van der Waals surface area contributed by atoms with Crippen LogP contribution in [0.25, 0.3) is 0 Å². The van der Waals surface area contributed by atoms with Crippen LogP contribution >= 0.6 is 23.7 Å². The maximum atomic E-state index is 11.4. The summed E-state index contributed by atoms with van der Waals surface area (Å²) >= 11 is 1.62. The fraction of sp³-hybridized carbons (Fsp3) is 0.400. The number of rotatable bonds is 5. The average Bonchev–Trinajstić information content (AvgIpc) is 3.02. The van der Waals surface area contributed by atoms with Crippen molar-refractivity contribution in [2.45, 2.75) is 11.5 Å². The molecule has 0 saturated carbocycles. The minimum atomic E-state index is -3.17. The third-order valence-corrected chi connectivity index (χ3v) is 5.64. The number of anilines is 1. The summed E-state index contributed by atoms with van der Waals surface area (Å²) < 4.78 is 28.5. The summed E-state index contributed by atoms with van der Waals surface area (Å²) in [7, 11) is -3.17. The molecular formula is C15H20ClN3O3S2. The quantitative estimate of drug-likeness (QED) is 0.842. The molecule has 0 unspecified atom stereocenters. The number of thiazole rings is 1. The molecule has 9 heteroatoms. The number of halogens is 1. The Morgan fingerprint density at radius 1 is 1.25 bits per heavy atom. The minimum Gasteiger partial charge on any atom is -0.487 e.